The average molecular weight is 601 g/mol. The van der Waals surface area contributed by atoms with E-state index in [-0.39, 0.29) is 5.41 Å². The molecule has 1 saturated carbocycles. The average Bonchev–Trinajstić information content (AvgIpc) is 3.62. The van der Waals surface area contributed by atoms with Crippen LogP contribution in [0, 0.1) is 5.92 Å². The van der Waals surface area contributed by atoms with Gasteiger partial charge in [-0.2, -0.15) is 0 Å². The highest BCUT2D eigenvalue weighted by atomic mass is 15.0. The second-order valence-corrected chi connectivity index (χ2v) is 14.5. The van der Waals surface area contributed by atoms with Crippen molar-refractivity contribution in [3.05, 3.63) is 136 Å². The van der Waals surface area contributed by atoms with Crippen LogP contribution in [0.15, 0.2) is 91.0 Å². The van der Waals surface area contributed by atoms with Crippen LogP contribution < -0.4 is 0 Å². The zero-order chi connectivity index (χ0) is 30.8. The van der Waals surface area contributed by atoms with Gasteiger partial charge >= 0.3 is 0 Å². The quantitative estimate of drug-likeness (QED) is 0.194. The van der Waals surface area contributed by atoms with Crippen LogP contribution in [0.25, 0.3) is 40.5 Å². The van der Waals surface area contributed by atoms with Gasteiger partial charge in [0.25, 0.3) is 0 Å². The van der Waals surface area contributed by atoms with Crippen LogP contribution in [0.1, 0.15) is 110 Å². The fourth-order valence-electron chi connectivity index (χ4n) is 9.39. The maximum absolute atomic E-state index is 2.59. The lowest BCUT2D eigenvalue weighted by atomic mass is 9.65. The van der Waals surface area contributed by atoms with Gasteiger partial charge in [0, 0.05) is 45.2 Å². The highest BCUT2D eigenvalue weighted by Gasteiger charge is 2.36. The Labute approximate surface area is 273 Å². The first kappa shape index (κ1) is 28.0. The summed E-state index contributed by atoms with van der Waals surface area (Å²) in [7, 11) is 0. The van der Waals surface area contributed by atoms with Crippen LogP contribution in [-0.4, -0.2) is 9.13 Å². The molecule has 3 aromatic carbocycles. The summed E-state index contributed by atoms with van der Waals surface area (Å²) >= 11 is 0. The van der Waals surface area contributed by atoms with Crippen molar-refractivity contribution in [3.63, 3.8) is 0 Å². The predicted octanol–water partition coefficient (Wildman–Crippen LogP) is 11.4. The Morgan fingerprint density at radius 1 is 0.674 bits per heavy atom. The molecule has 2 atom stereocenters. The zero-order valence-electron chi connectivity index (χ0n) is 27.3. The number of para-hydroxylation sites is 1. The number of aromatic nitrogens is 2. The molecular formula is C44H44N2. The van der Waals surface area contributed by atoms with E-state index in [0.29, 0.717) is 11.8 Å². The monoisotopic (exact) mass is 600 g/mol. The summed E-state index contributed by atoms with van der Waals surface area (Å²) in [6, 6.07) is 28.4. The summed E-state index contributed by atoms with van der Waals surface area (Å²) < 4.78 is 5.07. The van der Waals surface area contributed by atoms with E-state index in [0.717, 1.165) is 25.7 Å². The molecule has 5 aromatic rings. The van der Waals surface area contributed by atoms with Gasteiger partial charge in [-0.1, -0.05) is 99.9 Å². The van der Waals surface area contributed by atoms with Gasteiger partial charge in [0.15, 0.2) is 0 Å². The minimum atomic E-state index is 0.0638. The molecule has 2 heteroatoms. The van der Waals surface area contributed by atoms with Crippen molar-refractivity contribution in [2.75, 3.05) is 0 Å². The van der Waals surface area contributed by atoms with Gasteiger partial charge in [-0.15, -0.1) is 0 Å². The summed E-state index contributed by atoms with van der Waals surface area (Å²) in [5, 5.41) is 1.40. The maximum Gasteiger partial charge on any atom is 0.0537 e. The van der Waals surface area contributed by atoms with Crippen molar-refractivity contribution in [1.29, 1.82) is 0 Å². The Bertz CT molecular complexity index is 2030. The van der Waals surface area contributed by atoms with Crippen LogP contribution in [0.4, 0.5) is 0 Å². The van der Waals surface area contributed by atoms with Gasteiger partial charge < -0.3 is 9.13 Å². The van der Waals surface area contributed by atoms with E-state index in [2.05, 4.69) is 132 Å². The van der Waals surface area contributed by atoms with Gasteiger partial charge in [-0.3, -0.25) is 0 Å². The molecule has 2 heterocycles. The number of nitrogens with zero attached hydrogens (tertiary/aromatic N) is 2. The molecule has 2 aromatic heterocycles. The summed E-state index contributed by atoms with van der Waals surface area (Å²) in [6.07, 6.45) is 25.1. The minimum Gasteiger partial charge on any atom is -0.313 e. The standard InChI is InChI=1S/C44H44N2/c1-30-17-26-42-39(29-30)38-14-10-11-31(2)43(38)46(42)35-24-20-33(21-25-35)44(27-8-3-9-28-44)32-18-22-34(23-19-32)45-40-15-6-4-12-36(40)37-13-5-7-16-41(37)45/h4,6-7,10,12,14-26,30-31H,3,5,8-9,11,13,27-29H2,1-2H3. The molecule has 0 saturated heterocycles. The molecule has 0 N–H and O–H groups in total. The molecule has 1 fully saturated rings. The molecule has 0 aliphatic heterocycles. The molecule has 0 bridgehead atoms. The Kier molecular flexibility index (Phi) is 6.63. The smallest absolute Gasteiger partial charge is 0.0537 e. The highest BCUT2D eigenvalue weighted by molar-refractivity contribution is 5.90. The molecule has 0 spiro atoms. The number of aryl methyl sites for hydroxylation is 1. The third-order valence-electron chi connectivity index (χ3n) is 11.7. The number of rotatable bonds is 4. The molecule has 4 aliphatic carbocycles. The topological polar surface area (TPSA) is 9.86 Å². The Morgan fingerprint density at radius 2 is 1.37 bits per heavy atom. The number of hydrogen-bond acceptors (Lipinski definition) is 0. The Balaban J connectivity index is 1.11. The number of fused-ring (bicyclic) bond motifs is 6. The Hall–Kier alpha value is -4.30. The SMILES string of the molecule is CC1C=Cc2c(c3c(n2-c2ccc(C4(c5ccc(-n6c7c(c8ccccc86)CCC=C7)cc5)CCCCC4)cc2)C(C)CC=C3)C1. The van der Waals surface area contributed by atoms with Gasteiger partial charge in [-0.25, -0.2) is 0 Å². The number of hydrogen-bond donors (Lipinski definition) is 0. The third kappa shape index (κ3) is 4.22. The van der Waals surface area contributed by atoms with E-state index in [4.69, 9.17) is 0 Å². The van der Waals surface area contributed by atoms with E-state index in [9.17, 15) is 0 Å². The van der Waals surface area contributed by atoms with Crippen LogP contribution in [0.5, 0.6) is 0 Å². The molecular weight excluding hydrogens is 556 g/mol. The van der Waals surface area contributed by atoms with Crippen molar-refractivity contribution >= 4 is 29.1 Å². The second-order valence-electron chi connectivity index (χ2n) is 14.5. The third-order valence-corrected chi connectivity index (χ3v) is 11.7. The van der Waals surface area contributed by atoms with Crippen LogP contribution in [0.2, 0.25) is 0 Å². The molecule has 46 heavy (non-hydrogen) atoms. The molecule has 2 nitrogen and oxygen atoms in total. The lowest BCUT2D eigenvalue weighted by molar-refractivity contribution is 0.346. The predicted molar refractivity (Wildman–Crippen MR) is 194 cm³/mol. The summed E-state index contributed by atoms with van der Waals surface area (Å²) in [5.74, 6) is 1.12. The van der Waals surface area contributed by atoms with E-state index >= 15 is 0 Å². The van der Waals surface area contributed by atoms with E-state index < -0.39 is 0 Å². The summed E-state index contributed by atoms with van der Waals surface area (Å²) in [4.78, 5) is 0. The minimum absolute atomic E-state index is 0.0638. The van der Waals surface area contributed by atoms with Gasteiger partial charge in [0.05, 0.1) is 5.52 Å². The first-order chi connectivity index (χ1) is 22.6. The number of benzene rings is 3. The first-order valence-electron chi connectivity index (χ1n) is 17.8. The van der Waals surface area contributed by atoms with Gasteiger partial charge in [-0.05, 0) is 115 Å². The van der Waals surface area contributed by atoms with Crippen molar-refractivity contribution < 1.29 is 0 Å². The number of allylic oxidation sites excluding steroid dienone is 3. The van der Waals surface area contributed by atoms with Crippen molar-refractivity contribution in [1.82, 2.24) is 9.13 Å². The first-order valence-corrected chi connectivity index (χ1v) is 17.8. The molecule has 0 radical (unpaired) electrons. The van der Waals surface area contributed by atoms with E-state index in [1.54, 1.807) is 0 Å². The van der Waals surface area contributed by atoms with Crippen LogP contribution >= 0.6 is 0 Å². The fourth-order valence-corrected chi connectivity index (χ4v) is 9.39. The van der Waals surface area contributed by atoms with Gasteiger partial charge in [0.2, 0.25) is 0 Å². The van der Waals surface area contributed by atoms with E-state index in [1.807, 2.05) is 0 Å². The summed E-state index contributed by atoms with van der Waals surface area (Å²) in [6.45, 7) is 4.74. The summed E-state index contributed by atoms with van der Waals surface area (Å²) in [5.41, 5.74) is 15.6. The van der Waals surface area contributed by atoms with Crippen molar-refractivity contribution in [3.8, 4) is 11.4 Å². The molecule has 0 amide bonds. The Morgan fingerprint density at radius 3 is 2.13 bits per heavy atom. The lowest BCUT2D eigenvalue weighted by Gasteiger charge is -2.39. The second kappa shape index (κ2) is 10.9. The molecule has 230 valence electrons. The maximum atomic E-state index is 2.59. The molecule has 9 rings (SSSR count). The normalized spacial score (nSPS) is 21.3. The van der Waals surface area contributed by atoms with Crippen molar-refractivity contribution in [2.24, 2.45) is 5.92 Å². The zero-order valence-corrected chi connectivity index (χ0v) is 27.3. The highest BCUT2D eigenvalue weighted by Crippen LogP contribution is 2.47. The molecule has 4 aliphatic rings. The van der Waals surface area contributed by atoms with Crippen LogP contribution in [0.3, 0.4) is 0 Å². The molecule has 2 unspecified atom stereocenters. The van der Waals surface area contributed by atoms with Gasteiger partial charge in [0.1, 0.15) is 0 Å². The fraction of sp³-hybridized carbons (Fsp3) is 0.318. The lowest BCUT2D eigenvalue weighted by Crippen LogP contribution is -2.30. The van der Waals surface area contributed by atoms with Crippen LogP contribution in [-0.2, 0) is 18.3 Å². The van der Waals surface area contributed by atoms with E-state index in [1.165, 1.54) is 99.3 Å². The van der Waals surface area contributed by atoms with Crippen molar-refractivity contribution in [2.45, 2.75) is 83.0 Å². The largest absolute Gasteiger partial charge is 0.313 e.